The topological polar surface area (TPSA) is 103 Å². The summed E-state index contributed by atoms with van der Waals surface area (Å²) in [6, 6.07) is 7.39. The normalized spacial score (nSPS) is 10.4. The van der Waals surface area contributed by atoms with Gasteiger partial charge < -0.3 is 5.11 Å². The van der Waals surface area contributed by atoms with Gasteiger partial charge in [0.1, 0.15) is 5.75 Å². The largest absolute Gasteiger partial charge is 0.507 e. The Hall–Kier alpha value is -2.24. The third-order valence-corrected chi connectivity index (χ3v) is 3.12. The maximum Gasteiger partial charge on any atom is 0.168 e. The van der Waals surface area contributed by atoms with Crippen LogP contribution in [-0.4, -0.2) is 13.5 Å². The van der Waals surface area contributed by atoms with E-state index in [1.165, 1.54) is 24.3 Å². The van der Waals surface area contributed by atoms with Crippen LogP contribution in [-0.2, 0) is 10.7 Å². The molecule has 0 aromatic heterocycles. The fourth-order valence-corrected chi connectivity index (χ4v) is 2.20. The summed E-state index contributed by atoms with van der Waals surface area (Å²) in [5, 5.41) is 13.9. The molecule has 0 heterocycles. The van der Waals surface area contributed by atoms with E-state index in [1.807, 2.05) is 0 Å². The first-order valence-corrected chi connectivity index (χ1v) is 5.77. The van der Waals surface area contributed by atoms with E-state index in [9.17, 15) is 13.5 Å². The number of rotatable bonds is 2. The Bertz CT molecular complexity index is 710. The highest BCUT2D eigenvalue weighted by atomic mass is 32.2. The molecule has 0 radical (unpaired) electrons. The highest BCUT2D eigenvalue weighted by molar-refractivity contribution is 7.72. The highest BCUT2D eigenvalue weighted by Gasteiger charge is 2.09. The fraction of sp³-hybridized carbons (Fsp3) is 0. The number of phenols is 1. The van der Waals surface area contributed by atoms with Gasteiger partial charge in [0.25, 0.3) is 0 Å². The van der Waals surface area contributed by atoms with Gasteiger partial charge in [-0.15, -0.1) is 0 Å². The van der Waals surface area contributed by atoms with Gasteiger partial charge in [0.05, 0.1) is 10.6 Å². The number of phenolic OH excluding ortho intramolecular Hbond substituents is 1. The molecule has 0 bridgehead atoms. The Morgan fingerprint density at radius 2 is 1.94 bits per heavy atom. The second kappa shape index (κ2) is 4.32. The lowest BCUT2D eigenvalue weighted by molar-refractivity contribution is 0.483. The van der Waals surface area contributed by atoms with Gasteiger partial charge in [-0.05, 0) is 17.7 Å². The summed E-state index contributed by atoms with van der Waals surface area (Å²) in [5.74, 6) is -0.223. The van der Waals surface area contributed by atoms with Crippen LogP contribution in [0.15, 0.2) is 40.3 Å². The number of azide groups is 1. The molecule has 0 aliphatic carbocycles. The van der Waals surface area contributed by atoms with Crippen LogP contribution in [0, 0.1) is 0 Å². The van der Waals surface area contributed by atoms with Crippen LogP contribution >= 0.6 is 0 Å². The zero-order valence-electron chi connectivity index (χ0n) is 8.44. The van der Waals surface area contributed by atoms with E-state index in [4.69, 9.17) is 5.53 Å². The Morgan fingerprint density at radius 1 is 1.18 bits per heavy atom. The number of hydrogen-bond donors (Lipinski definition) is 2. The molecule has 0 amide bonds. The van der Waals surface area contributed by atoms with E-state index in [0.29, 0.717) is 10.8 Å². The molecule has 7 heteroatoms. The number of nitrogens with zero attached hydrogens (tertiary/aromatic N) is 3. The van der Waals surface area contributed by atoms with Crippen LogP contribution in [0.3, 0.4) is 0 Å². The van der Waals surface area contributed by atoms with E-state index in [0.717, 1.165) is 0 Å². The Morgan fingerprint density at radius 3 is 2.59 bits per heavy atom. The first kappa shape index (κ1) is 11.3. The predicted molar refractivity (Wildman–Crippen MR) is 63.0 cm³/mol. The molecule has 2 aromatic rings. The predicted octanol–water partition coefficient (Wildman–Crippen LogP) is 2.46. The second-order valence-electron chi connectivity index (χ2n) is 3.25. The summed E-state index contributed by atoms with van der Waals surface area (Å²) in [7, 11) is -2.74. The highest BCUT2D eigenvalue weighted by Crippen LogP contribution is 2.36. The Kier molecular flexibility index (Phi) is 2.86. The minimum absolute atomic E-state index is 0.0678. The van der Waals surface area contributed by atoms with Crippen molar-refractivity contribution in [3.8, 4) is 5.75 Å². The average Bonchev–Trinajstić information content (AvgIpc) is 2.32. The fourth-order valence-electron chi connectivity index (χ4n) is 1.60. The molecule has 1 N–H and O–H groups in total. The molecule has 2 rings (SSSR count). The van der Waals surface area contributed by atoms with Crippen molar-refractivity contribution in [1.29, 1.82) is 0 Å². The maximum atomic E-state index is 11.0. The van der Waals surface area contributed by atoms with Crippen molar-refractivity contribution >= 4 is 27.2 Å². The molecule has 0 unspecified atom stereocenters. The molecule has 0 spiro atoms. The van der Waals surface area contributed by atoms with E-state index < -0.39 is 10.7 Å². The number of thiol groups is 1. The van der Waals surface area contributed by atoms with Gasteiger partial charge in [-0.3, -0.25) is 0 Å². The van der Waals surface area contributed by atoms with Gasteiger partial charge in [-0.25, -0.2) is 8.42 Å². The minimum Gasteiger partial charge on any atom is -0.507 e. The lowest BCUT2D eigenvalue weighted by atomic mass is 10.1. The molecule has 0 saturated heterocycles. The summed E-state index contributed by atoms with van der Waals surface area (Å²) >= 11 is 0. The van der Waals surface area contributed by atoms with Crippen LogP contribution in [0.1, 0.15) is 0 Å². The SMILES string of the molecule is [N-]=[N+]=Nc1ccc2c([SH](=O)=O)cccc2c1O. The first-order valence-electron chi connectivity index (χ1n) is 4.59. The van der Waals surface area contributed by atoms with E-state index in [-0.39, 0.29) is 16.3 Å². The molecule has 6 nitrogen and oxygen atoms in total. The minimum atomic E-state index is -2.74. The summed E-state index contributed by atoms with van der Waals surface area (Å²) in [6.07, 6.45) is 0. The third-order valence-electron chi connectivity index (χ3n) is 2.34. The lowest BCUT2D eigenvalue weighted by Gasteiger charge is -2.05. The van der Waals surface area contributed by atoms with Crippen molar-refractivity contribution in [2.45, 2.75) is 4.90 Å². The second-order valence-corrected chi connectivity index (χ2v) is 4.25. The van der Waals surface area contributed by atoms with E-state index in [2.05, 4.69) is 10.0 Å². The third kappa shape index (κ3) is 1.89. The van der Waals surface area contributed by atoms with Gasteiger partial charge in [0, 0.05) is 15.7 Å². The van der Waals surface area contributed by atoms with Crippen LogP contribution < -0.4 is 0 Å². The number of fused-ring (bicyclic) bond motifs is 1. The maximum absolute atomic E-state index is 11.0. The Labute approximate surface area is 97.7 Å². The number of hydrogen-bond acceptors (Lipinski definition) is 4. The van der Waals surface area contributed by atoms with Crippen molar-refractivity contribution in [3.05, 3.63) is 40.8 Å². The summed E-state index contributed by atoms with van der Waals surface area (Å²) in [6.45, 7) is 0. The smallest absolute Gasteiger partial charge is 0.168 e. The molecular weight excluding hydrogens is 242 g/mol. The first-order chi connectivity index (χ1) is 8.15. The van der Waals surface area contributed by atoms with Gasteiger partial charge in [0.15, 0.2) is 10.7 Å². The van der Waals surface area contributed by atoms with Crippen LogP contribution in [0.5, 0.6) is 5.75 Å². The number of aromatic hydroxyl groups is 1. The molecule has 0 atom stereocenters. The molecule has 0 aliphatic heterocycles. The molecule has 0 aliphatic rings. The lowest BCUT2D eigenvalue weighted by Crippen LogP contribution is -1.84. The van der Waals surface area contributed by atoms with E-state index >= 15 is 0 Å². The van der Waals surface area contributed by atoms with Gasteiger partial charge in [-0.2, -0.15) is 0 Å². The van der Waals surface area contributed by atoms with Gasteiger partial charge in [0.2, 0.25) is 0 Å². The van der Waals surface area contributed by atoms with Gasteiger partial charge >= 0.3 is 0 Å². The van der Waals surface area contributed by atoms with Crippen LogP contribution in [0.4, 0.5) is 5.69 Å². The van der Waals surface area contributed by atoms with Crippen LogP contribution in [0.25, 0.3) is 21.2 Å². The molecule has 2 aromatic carbocycles. The molecule has 17 heavy (non-hydrogen) atoms. The summed E-state index contributed by atoms with van der Waals surface area (Å²) in [4.78, 5) is 2.70. The number of benzene rings is 2. The quantitative estimate of drug-likeness (QED) is 0.369. The van der Waals surface area contributed by atoms with Gasteiger partial charge in [-0.1, -0.05) is 23.3 Å². The van der Waals surface area contributed by atoms with Crippen molar-refractivity contribution < 1.29 is 13.5 Å². The molecule has 0 saturated carbocycles. The molecule has 0 fully saturated rings. The van der Waals surface area contributed by atoms with Crippen LogP contribution in [0.2, 0.25) is 0 Å². The zero-order valence-corrected chi connectivity index (χ0v) is 9.33. The van der Waals surface area contributed by atoms with Crippen molar-refractivity contribution in [3.63, 3.8) is 0 Å². The summed E-state index contributed by atoms with van der Waals surface area (Å²) in [5.41, 5.74) is 8.38. The molecule has 86 valence electrons. The Balaban J connectivity index is 2.89. The molecular formula is C10H7N3O3S. The van der Waals surface area contributed by atoms with Crippen molar-refractivity contribution in [2.24, 2.45) is 5.11 Å². The summed E-state index contributed by atoms with van der Waals surface area (Å²) < 4.78 is 22.0. The average molecular weight is 249 g/mol. The monoisotopic (exact) mass is 249 g/mol. The van der Waals surface area contributed by atoms with Crippen molar-refractivity contribution in [1.82, 2.24) is 0 Å². The zero-order chi connectivity index (χ0) is 12.4. The van der Waals surface area contributed by atoms with Crippen molar-refractivity contribution in [2.75, 3.05) is 0 Å². The van der Waals surface area contributed by atoms with E-state index in [1.54, 1.807) is 6.07 Å². The standard InChI is InChI=1S/C10H7N3O3S/c11-13-12-8-5-4-6-7(10(8)14)2-1-3-9(6)17(15)16/h1-5,14,17H.